The number of ether oxygens (including phenoxy) is 1. The molecule has 5 heteroatoms. The second-order valence-corrected chi connectivity index (χ2v) is 3.90. The van der Waals surface area contributed by atoms with E-state index in [0.717, 1.165) is 5.33 Å². The van der Waals surface area contributed by atoms with Crippen molar-refractivity contribution in [1.82, 2.24) is 5.32 Å². The lowest BCUT2D eigenvalue weighted by Crippen LogP contribution is -2.27. The van der Waals surface area contributed by atoms with E-state index in [-0.39, 0.29) is 11.7 Å². The van der Waals surface area contributed by atoms with E-state index in [2.05, 4.69) is 21.2 Å². The monoisotopic (exact) mass is 287 g/mol. The van der Waals surface area contributed by atoms with Crippen LogP contribution in [0.5, 0.6) is 5.75 Å². The van der Waals surface area contributed by atoms with E-state index in [1.165, 1.54) is 12.1 Å². The highest BCUT2D eigenvalue weighted by Gasteiger charge is 2.03. The van der Waals surface area contributed by atoms with E-state index in [1.807, 2.05) is 0 Å². The molecule has 1 rings (SSSR count). The van der Waals surface area contributed by atoms with Crippen LogP contribution in [-0.2, 0) is 4.74 Å². The maximum atomic E-state index is 11.5. The number of carbonyl (C=O) groups excluding carboxylic acids is 1. The third kappa shape index (κ3) is 4.63. The van der Waals surface area contributed by atoms with Crippen molar-refractivity contribution < 1.29 is 14.6 Å². The van der Waals surface area contributed by atoms with Crippen molar-refractivity contribution in [2.24, 2.45) is 0 Å². The molecule has 0 aliphatic heterocycles. The number of hydrogen-bond acceptors (Lipinski definition) is 3. The first-order chi connectivity index (χ1) is 7.74. The molecule has 0 saturated heterocycles. The summed E-state index contributed by atoms with van der Waals surface area (Å²) in [6.45, 7) is 1.61. The molecule has 1 aromatic carbocycles. The summed E-state index contributed by atoms with van der Waals surface area (Å²) in [6, 6.07) is 6.11. The van der Waals surface area contributed by atoms with Gasteiger partial charge in [-0.15, -0.1) is 0 Å². The molecule has 0 radical (unpaired) electrons. The molecule has 0 fully saturated rings. The van der Waals surface area contributed by atoms with Crippen LogP contribution in [0.15, 0.2) is 24.3 Å². The van der Waals surface area contributed by atoms with Gasteiger partial charge in [-0.1, -0.05) is 15.9 Å². The van der Waals surface area contributed by atoms with Crippen LogP contribution in [0.3, 0.4) is 0 Å². The zero-order valence-electron chi connectivity index (χ0n) is 8.78. The van der Waals surface area contributed by atoms with E-state index in [0.29, 0.717) is 25.3 Å². The van der Waals surface area contributed by atoms with Gasteiger partial charge in [0.2, 0.25) is 0 Å². The third-order valence-electron chi connectivity index (χ3n) is 1.88. The molecule has 2 N–H and O–H groups in total. The maximum Gasteiger partial charge on any atom is 0.251 e. The number of aromatic hydroxyl groups is 1. The molecule has 88 valence electrons. The predicted molar refractivity (Wildman–Crippen MR) is 65.1 cm³/mol. The molecule has 4 nitrogen and oxygen atoms in total. The Morgan fingerprint density at radius 2 is 2.00 bits per heavy atom. The zero-order valence-corrected chi connectivity index (χ0v) is 10.4. The zero-order chi connectivity index (χ0) is 11.8. The standard InChI is InChI=1S/C11H14BrNO3/c12-5-7-16-8-6-13-11(15)9-1-3-10(14)4-2-9/h1-4,14H,5-8H2,(H,13,15). The SMILES string of the molecule is O=C(NCCOCCBr)c1ccc(O)cc1. The van der Waals surface area contributed by atoms with Gasteiger partial charge < -0.3 is 15.2 Å². The molecule has 0 aliphatic rings. The Balaban J connectivity index is 2.27. The summed E-state index contributed by atoms with van der Waals surface area (Å²) < 4.78 is 5.19. The molecule has 0 unspecified atom stereocenters. The summed E-state index contributed by atoms with van der Waals surface area (Å²) in [4.78, 5) is 11.5. The molecule has 0 heterocycles. The van der Waals surface area contributed by atoms with Crippen molar-refractivity contribution in [2.45, 2.75) is 0 Å². The van der Waals surface area contributed by atoms with E-state index in [9.17, 15) is 4.79 Å². The average molecular weight is 288 g/mol. The Hall–Kier alpha value is -1.07. The fourth-order valence-electron chi connectivity index (χ4n) is 1.11. The lowest BCUT2D eigenvalue weighted by Gasteiger charge is -2.05. The first kappa shape index (κ1) is 13.0. The summed E-state index contributed by atoms with van der Waals surface area (Å²) in [5.41, 5.74) is 0.526. The normalized spacial score (nSPS) is 10.1. The fourth-order valence-corrected chi connectivity index (χ4v) is 1.34. The number of phenolic OH excluding ortho intramolecular Hbond substituents is 1. The maximum absolute atomic E-state index is 11.5. The largest absolute Gasteiger partial charge is 0.508 e. The Morgan fingerprint density at radius 1 is 1.31 bits per heavy atom. The number of hydrogen-bond donors (Lipinski definition) is 2. The van der Waals surface area contributed by atoms with Crippen molar-refractivity contribution >= 4 is 21.8 Å². The van der Waals surface area contributed by atoms with Crippen LogP contribution in [0.4, 0.5) is 0 Å². The van der Waals surface area contributed by atoms with Gasteiger partial charge in [0.25, 0.3) is 5.91 Å². The second-order valence-electron chi connectivity index (χ2n) is 3.10. The van der Waals surface area contributed by atoms with Gasteiger partial charge in [0.05, 0.1) is 13.2 Å². The first-order valence-corrected chi connectivity index (χ1v) is 6.07. The Labute approximate surface area is 103 Å². The molecule has 0 aromatic heterocycles. The van der Waals surface area contributed by atoms with Crippen molar-refractivity contribution in [2.75, 3.05) is 25.1 Å². The second kappa shape index (κ2) is 7.24. The molecule has 1 aromatic rings. The molecular formula is C11H14BrNO3. The van der Waals surface area contributed by atoms with Gasteiger partial charge in [0.15, 0.2) is 0 Å². The molecule has 0 aliphatic carbocycles. The van der Waals surface area contributed by atoms with Crippen LogP contribution in [-0.4, -0.2) is 36.1 Å². The molecule has 0 atom stereocenters. The van der Waals surface area contributed by atoms with Gasteiger partial charge in [-0.3, -0.25) is 4.79 Å². The van der Waals surface area contributed by atoms with Gasteiger partial charge in [-0.25, -0.2) is 0 Å². The van der Waals surface area contributed by atoms with Crippen molar-refractivity contribution in [3.8, 4) is 5.75 Å². The average Bonchev–Trinajstić information content (AvgIpc) is 2.29. The lowest BCUT2D eigenvalue weighted by molar-refractivity contribution is 0.0924. The Kier molecular flexibility index (Phi) is 5.88. The number of phenols is 1. The highest BCUT2D eigenvalue weighted by Crippen LogP contribution is 2.09. The van der Waals surface area contributed by atoms with Gasteiger partial charge in [-0.05, 0) is 24.3 Å². The minimum Gasteiger partial charge on any atom is -0.508 e. The van der Waals surface area contributed by atoms with Gasteiger partial charge in [0, 0.05) is 17.4 Å². The van der Waals surface area contributed by atoms with Gasteiger partial charge in [0.1, 0.15) is 5.75 Å². The quantitative estimate of drug-likeness (QED) is 0.616. The van der Waals surface area contributed by atoms with E-state index in [1.54, 1.807) is 12.1 Å². The van der Waals surface area contributed by atoms with Crippen molar-refractivity contribution in [3.63, 3.8) is 0 Å². The summed E-state index contributed by atoms with van der Waals surface area (Å²) in [5, 5.41) is 12.6. The molecular weight excluding hydrogens is 274 g/mol. The van der Waals surface area contributed by atoms with Crippen LogP contribution in [0, 0.1) is 0 Å². The number of rotatable bonds is 6. The number of carbonyl (C=O) groups is 1. The number of alkyl halides is 1. The summed E-state index contributed by atoms with van der Waals surface area (Å²) in [5.74, 6) is -0.0142. The highest BCUT2D eigenvalue weighted by molar-refractivity contribution is 9.09. The Bertz CT molecular complexity index is 327. The van der Waals surface area contributed by atoms with Gasteiger partial charge in [-0.2, -0.15) is 0 Å². The number of halogens is 1. The van der Waals surface area contributed by atoms with Crippen LogP contribution in [0.2, 0.25) is 0 Å². The summed E-state index contributed by atoms with van der Waals surface area (Å²) >= 11 is 3.24. The summed E-state index contributed by atoms with van der Waals surface area (Å²) in [7, 11) is 0. The minimum atomic E-state index is -0.164. The molecule has 16 heavy (non-hydrogen) atoms. The topological polar surface area (TPSA) is 58.6 Å². The molecule has 1 amide bonds. The van der Waals surface area contributed by atoms with E-state index < -0.39 is 0 Å². The van der Waals surface area contributed by atoms with Crippen LogP contribution < -0.4 is 5.32 Å². The smallest absolute Gasteiger partial charge is 0.251 e. The predicted octanol–water partition coefficient (Wildman–Crippen LogP) is 1.53. The Morgan fingerprint density at radius 3 is 2.62 bits per heavy atom. The third-order valence-corrected chi connectivity index (χ3v) is 2.21. The first-order valence-electron chi connectivity index (χ1n) is 4.95. The van der Waals surface area contributed by atoms with Gasteiger partial charge >= 0.3 is 0 Å². The highest BCUT2D eigenvalue weighted by atomic mass is 79.9. The van der Waals surface area contributed by atoms with E-state index >= 15 is 0 Å². The molecule has 0 bridgehead atoms. The number of benzene rings is 1. The van der Waals surface area contributed by atoms with Crippen molar-refractivity contribution in [1.29, 1.82) is 0 Å². The molecule has 0 saturated carbocycles. The number of nitrogens with one attached hydrogen (secondary N) is 1. The van der Waals surface area contributed by atoms with Crippen LogP contribution in [0.1, 0.15) is 10.4 Å². The summed E-state index contributed by atoms with van der Waals surface area (Å²) in [6.07, 6.45) is 0. The van der Waals surface area contributed by atoms with Crippen LogP contribution in [0.25, 0.3) is 0 Å². The molecule has 0 spiro atoms. The number of amides is 1. The fraction of sp³-hybridized carbons (Fsp3) is 0.364. The van der Waals surface area contributed by atoms with Crippen LogP contribution >= 0.6 is 15.9 Å². The lowest BCUT2D eigenvalue weighted by atomic mass is 10.2. The van der Waals surface area contributed by atoms with E-state index in [4.69, 9.17) is 9.84 Å². The van der Waals surface area contributed by atoms with Crippen molar-refractivity contribution in [3.05, 3.63) is 29.8 Å². The minimum absolute atomic E-state index is 0.150.